The van der Waals surface area contributed by atoms with Crippen LogP contribution in [0, 0.1) is 5.82 Å². The summed E-state index contributed by atoms with van der Waals surface area (Å²) in [4.78, 5) is 18.4. The van der Waals surface area contributed by atoms with E-state index >= 15 is 0 Å². The SMILES string of the molecule is CC(C)N(C(=O)c1ncn(-c2c(Cl)cccc2Cl)c1C(F)F)c1ccc(F)cc1. The zero-order chi connectivity index (χ0) is 21.3. The van der Waals surface area contributed by atoms with Gasteiger partial charge in [-0.3, -0.25) is 9.36 Å². The Morgan fingerprint density at radius 1 is 1.07 bits per heavy atom. The molecule has 152 valence electrons. The summed E-state index contributed by atoms with van der Waals surface area (Å²) in [6, 6.07) is 9.36. The van der Waals surface area contributed by atoms with Crippen LogP contribution in [0.2, 0.25) is 10.0 Å². The van der Waals surface area contributed by atoms with Crippen molar-refractivity contribution >= 4 is 34.8 Å². The molecule has 9 heteroatoms. The molecule has 0 spiro atoms. The highest BCUT2D eigenvalue weighted by Crippen LogP contribution is 2.34. The Labute approximate surface area is 175 Å². The van der Waals surface area contributed by atoms with E-state index in [-0.39, 0.29) is 15.7 Å². The Bertz CT molecular complexity index is 1020. The monoisotopic (exact) mass is 441 g/mol. The maximum atomic E-state index is 14.0. The zero-order valence-electron chi connectivity index (χ0n) is 15.4. The van der Waals surface area contributed by atoms with E-state index in [0.29, 0.717) is 5.69 Å². The fourth-order valence-electron chi connectivity index (χ4n) is 2.99. The van der Waals surface area contributed by atoms with Gasteiger partial charge in [-0.05, 0) is 50.2 Å². The van der Waals surface area contributed by atoms with E-state index in [2.05, 4.69) is 4.98 Å². The zero-order valence-corrected chi connectivity index (χ0v) is 16.9. The van der Waals surface area contributed by atoms with Gasteiger partial charge >= 0.3 is 0 Å². The normalized spacial score (nSPS) is 11.3. The Balaban J connectivity index is 2.14. The minimum atomic E-state index is -3.02. The quantitative estimate of drug-likeness (QED) is 0.465. The number of aromatic nitrogens is 2. The number of nitrogens with zero attached hydrogens (tertiary/aromatic N) is 3. The molecule has 0 unspecified atom stereocenters. The van der Waals surface area contributed by atoms with E-state index in [1.54, 1.807) is 19.9 Å². The van der Waals surface area contributed by atoms with Crippen molar-refractivity contribution in [2.75, 3.05) is 4.90 Å². The molecule has 0 aliphatic heterocycles. The minimum Gasteiger partial charge on any atom is -0.304 e. The van der Waals surface area contributed by atoms with Gasteiger partial charge in [0.25, 0.3) is 12.3 Å². The third-order valence-electron chi connectivity index (χ3n) is 4.23. The first-order chi connectivity index (χ1) is 13.7. The van der Waals surface area contributed by atoms with Gasteiger partial charge in [0.2, 0.25) is 0 Å². The first-order valence-electron chi connectivity index (χ1n) is 8.61. The van der Waals surface area contributed by atoms with E-state index in [4.69, 9.17) is 23.2 Å². The molecular formula is C20H16Cl2F3N3O. The molecule has 2 aromatic carbocycles. The summed E-state index contributed by atoms with van der Waals surface area (Å²) in [5.74, 6) is -1.22. The molecule has 1 aromatic heterocycles. The van der Waals surface area contributed by atoms with Crippen molar-refractivity contribution in [3.05, 3.63) is 76.0 Å². The third kappa shape index (κ3) is 4.11. The molecule has 0 aliphatic rings. The summed E-state index contributed by atoms with van der Waals surface area (Å²) in [5.41, 5.74) is -0.598. The Morgan fingerprint density at radius 2 is 1.66 bits per heavy atom. The first-order valence-corrected chi connectivity index (χ1v) is 9.36. The Hall–Kier alpha value is -2.51. The summed E-state index contributed by atoms with van der Waals surface area (Å²) in [6.07, 6.45) is -1.93. The molecule has 0 saturated carbocycles. The van der Waals surface area contributed by atoms with Crippen LogP contribution in [0.4, 0.5) is 18.9 Å². The third-order valence-corrected chi connectivity index (χ3v) is 4.84. The number of hydrogen-bond acceptors (Lipinski definition) is 2. The van der Waals surface area contributed by atoms with Crippen LogP contribution in [0.25, 0.3) is 5.69 Å². The van der Waals surface area contributed by atoms with Crippen LogP contribution in [0.1, 0.15) is 36.5 Å². The Kier molecular flexibility index (Phi) is 6.19. The maximum absolute atomic E-state index is 14.0. The number of alkyl halides is 2. The summed E-state index contributed by atoms with van der Waals surface area (Å²) in [7, 11) is 0. The number of imidazole rings is 1. The number of rotatable bonds is 5. The van der Waals surface area contributed by atoms with Crippen LogP contribution >= 0.6 is 23.2 Å². The second kappa shape index (κ2) is 8.47. The summed E-state index contributed by atoms with van der Waals surface area (Å²) < 4.78 is 42.3. The predicted octanol–water partition coefficient (Wildman–Crippen LogP) is 6.31. The fourth-order valence-corrected chi connectivity index (χ4v) is 3.57. The highest BCUT2D eigenvalue weighted by molar-refractivity contribution is 6.37. The van der Waals surface area contributed by atoms with Gasteiger partial charge in [0.05, 0.1) is 15.7 Å². The molecule has 0 saturated heterocycles. The van der Waals surface area contributed by atoms with E-state index in [9.17, 15) is 18.0 Å². The number of para-hydroxylation sites is 1. The lowest BCUT2D eigenvalue weighted by molar-refractivity contribution is 0.0958. The topological polar surface area (TPSA) is 38.1 Å². The molecular weight excluding hydrogens is 426 g/mol. The van der Waals surface area contributed by atoms with Gasteiger partial charge in [0.1, 0.15) is 17.8 Å². The molecule has 3 aromatic rings. The number of carbonyl (C=O) groups excluding carboxylic acids is 1. The van der Waals surface area contributed by atoms with Gasteiger partial charge in [-0.2, -0.15) is 0 Å². The van der Waals surface area contributed by atoms with Crippen LogP contribution in [0.3, 0.4) is 0 Å². The predicted molar refractivity (Wildman–Crippen MR) is 107 cm³/mol. The first kappa shape index (κ1) is 21.2. The molecule has 0 radical (unpaired) electrons. The number of amides is 1. The van der Waals surface area contributed by atoms with Crippen molar-refractivity contribution in [2.45, 2.75) is 26.3 Å². The van der Waals surface area contributed by atoms with Crippen molar-refractivity contribution in [3.63, 3.8) is 0 Å². The highest BCUT2D eigenvalue weighted by atomic mass is 35.5. The van der Waals surface area contributed by atoms with Crippen LogP contribution in [0.15, 0.2) is 48.8 Å². The van der Waals surface area contributed by atoms with Gasteiger partial charge in [-0.1, -0.05) is 29.3 Å². The Morgan fingerprint density at radius 3 is 2.17 bits per heavy atom. The largest absolute Gasteiger partial charge is 0.304 e. The van der Waals surface area contributed by atoms with Crippen molar-refractivity contribution in [2.24, 2.45) is 0 Å². The molecule has 1 amide bonds. The van der Waals surface area contributed by atoms with Gasteiger partial charge in [0, 0.05) is 11.7 Å². The van der Waals surface area contributed by atoms with Gasteiger partial charge in [0.15, 0.2) is 5.69 Å². The smallest absolute Gasteiger partial charge is 0.281 e. The minimum absolute atomic E-state index is 0.107. The maximum Gasteiger partial charge on any atom is 0.281 e. The molecule has 0 atom stereocenters. The number of carbonyl (C=O) groups is 1. The van der Waals surface area contributed by atoms with Crippen LogP contribution < -0.4 is 4.90 Å². The molecule has 0 bridgehead atoms. The van der Waals surface area contributed by atoms with Crippen LogP contribution in [-0.2, 0) is 0 Å². The second-order valence-corrected chi connectivity index (χ2v) is 7.28. The standard InChI is InChI=1S/C20H16Cl2F3N3O/c1-11(2)28(13-8-6-12(23)7-9-13)20(29)16-18(19(24)25)27(10-26-16)17-14(21)4-3-5-15(17)22/h3-11,19H,1-2H3. The summed E-state index contributed by atoms with van der Waals surface area (Å²) >= 11 is 12.3. The number of halogens is 5. The van der Waals surface area contributed by atoms with Crippen LogP contribution in [0.5, 0.6) is 0 Å². The molecule has 0 N–H and O–H groups in total. The van der Waals surface area contributed by atoms with Crippen molar-refractivity contribution in [3.8, 4) is 5.69 Å². The number of anilines is 1. The van der Waals surface area contributed by atoms with Crippen molar-refractivity contribution in [1.82, 2.24) is 9.55 Å². The summed E-state index contributed by atoms with van der Waals surface area (Å²) in [5, 5.41) is 0.269. The lowest BCUT2D eigenvalue weighted by atomic mass is 10.2. The molecule has 1 heterocycles. The van der Waals surface area contributed by atoms with Gasteiger partial charge < -0.3 is 4.90 Å². The molecule has 29 heavy (non-hydrogen) atoms. The molecule has 3 rings (SSSR count). The number of hydrogen-bond donors (Lipinski definition) is 0. The van der Waals surface area contributed by atoms with E-state index in [1.807, 2.05) is 0 Å². The van der Waals surface area contributed by atoms with Crippen molar-refractivity contribution in [1.29, 1.82) is 0 Å². The fraction of sp³-hybridized carbons (Fsp3) is 0.200. The van der Waals surface area contributed by atoms with E-state index < -0.39 is 35.6 Å². The van der Waals surface area contributed by atoms with Gasteiger partial charge in [-0.25, -0.2) is 18.2 Å². The molecule has 0 fully saturated rings. The van der Waals surface area contributed by atoms with E-state index in [1.165, 1.54) is 41.3 Å². The second-order valence-electron chi connectivity index (χ2n) is 6.46. The highest BCUT2D eigenvalue weighted by Gasteiger charge is 2.31. The average molecular weight is 442 g/mol. The molecule has 0 aliphatic carbocycles. The lowest BCUT2D eigenvalue weighted by Crippen LogP contribution is -2.38. The van der Waals surface area contributed by atoms with E-state index in [0.717, 1.165) is 10.9 Å². The average Bonchev–Trinajstić information content (AvgIpc) is 3.08. The van der Waals surface area contributed by atoms with Crippen molar-refractivity contribution < 1.29 is 18.0 Å². The summed E-state index contributed by atoms with van der Waals surface area (Å²) in [6.45, 7) is 3.43. The molecule has 4 nitrogen and oxygen atoms in total. The lowest BCUT2D eigenvalue weighted by Gasteiger charge is -2.26. The van der Waals surface area contributed by atoms with Gasteiger partial charge in [-0.15, -0.1) is 0 Å². The van der Waals surface area contributed by atoms with Crippen LogP contribution in [-0.4, -0.2) is 21.5 Å². The number of benzene rings is 2.